The van der Waals surface area contributed by atoms with Crippen LogP contribution in [0.1, 0.15) is 32.5 Å². The van der Waals surface area contributed by atoms with Gasteiger partial charge in [0.05, 0.1) is 12.3 Å². The van der Waals surface area contributed by atoms with Crippen LogP contribution in [0.3, 0.4) is 0 Å². The van der Waals surface area contributed by atoms with Crippen LogP contribution in [-0.2, 0) is 11.8 Å². The lowest BCUT2D eigenvalue weighted by atomic mass is 10.2. The van der Waals surface area contributed by atoms with Gasteiger partial charge in [-0.25, -0.2) is 0 Å². The van der Waals surface area contributed by atoms with E-state index in [-0.39, 0.29) is 0 Å². The maximum absolute atomic E-state index is 5.51. The van der Waals surface area contributed by atoms with E-state index in [1.54, 1.807) is 0 Å². The third-order valence-corrected chi connectivity index (χ3v) is 2.45. The average Bonchev–Trinajstić information content (AvgIpc) is 2.63. The normalized spacial score (nSPS) is 13.3. The molecule has 92 valence electrons. The zero-order chi connectivity index (χ0) is 12.0. The second kappa shape index (κ2) is 6.66. The third-order valence-electron chi connectivity index (χ3n) is 2.45. The van der Waals surface area contributed by atoms with Crippen LogP contribution < -0.4 is 5.32 Å². The molecule has 0 saturated carbocycles. The Morgan fingerprint density at radius 2 is 2.19 bits per heavy atom. The molecule has 1 N–H and O–H groups in total. The molecule has 0 saturated heterocycles. The highest BCUT2D eigenvalue weighted by atomic mass is 16.5. The Morgan fingerprint density at radius 3 is 2.75 bits per heavy atom. The summed E-state index contributed by atoms with van der Waals surface area (Å²) in [6, 6.07) is 2.35. The van der Waals surface area contributed by atoms with Gasteiger partial charge in [-0.3, -0.25) is 4.68 Å². The smallest absolute Gasteiger partial charge is 0.0591 e. The lowest BCUT2D eigenvalue weighted by molar-refractivity contribution is 0.110. The van der Waals surface area contributed by atoms with Crippen molar-refractivity contribution in [1.82, 2.24) is 15.1 Å². The van der Waals surface area contributed by atoms with E-state index in [1.165, 1.54) is 5.69 Å². The minimum absolute atomic E-state index is 0.315. The molecule has 0 aliphatic carbocycles. The molecule has 4 heteroatoms. The third kappa shape index (κ3) is 4.33. The Bertz CT molecular complexity index is 296. The fraction of sp³-hybridized carbons (Fsp3) is 0.750. The van der Waals surface area contributed by atoms with Crippen LogP contribution in [0.4, 0.5) is 0 Å². The van der Waals surface area contributed by atoms with Gasteiger partial charge in [-0.2, -0.15) is 5.10 Å². The molecule has 0 aromatic carbocycles. The maximum atomic E-state index is 5.51. The number of aromatic nitrogens is 2. The highest BCUT2D eigenvalue weighted by Crippen LogP contribution is 2.09. The van der Waals surface area contributed by atoms with E-state index < -0.39 is 0 Å². The lowest BCUT2D eigenvalue weighted by Crippen LogP contribution is -2.25. The van der Waals surface area contributed by atoms with Gasteiger partial charge in [0.25, 0.3) is 0 Å². The monoisotopic (exact) mass is 225 g/mol. The number of nitrogens with one attached hydrogen (secondary N) is 1. The van der Waals surface area contributed by atoms with Crippen molar-refractivity contribution < 1.29 is 4.74 Å². The number of hydrogen-bond donors (Lipinski definition) is 1. The van der Waals surface area contributed by atoms with E-state index >= 15 is 0 Å². The Kier molecular flexibility index (Phi) is 5.49. The van der Waals surface area contributed by atoms with Gasteiger partial charge in [-0.1, -0.05) is 13.8 Å². The molecule has 0 bridgehead atoms. The number of hydrogen-bond acceptors (Lipinski definition) is 3. The molecule has 0 spiro atoms. The van der Waals surface area contributed by atoms with E-state index in [1.807, 2.05) is 24.0 Å². The first-order valence-electron chi connectivity index (χ1n) is 5.90. The molecule has 1 heterocycles. The highest BCUT2D eigenvalue weighted by molar-refractivity contribution is 5.04. The van der Waals surface area contributed by atoms with E-state index in [4.69, 9.17) is 4.74 Å². The van der Waals surface area contributed by atoms with Crippen molar-refractivity contribution in [3.63, 3.8) is 0 Å². The zero-order valence-corrected chi connectivity index (χ0v) is 10.7. The largest absolute Gasteiger partial charge is 0.380 e. The minimum atomic E-state index is 0.315. The average molecular weight is 225 g/mol. The molecule has 1 atom stereocenters. The summed E-state index contributed by atoms with van der Waals surface area (Å²) >= 11 is 0. The highest BCUT2D eigenvalue weighted by Gasteiger charge is 2.07. The van der Waals surface area contributed by atoms with Crippen molar-refractivity contribution in [1.29, 1.82) is 0 Å². The first kappa shape index (κ1) is 13.2. The Hall–Kier alpha value is -0.870. The van der Waals surface area contributed by atoms with Crippen molar-refractivity contribution in [2.75, 3.05) is 19.8 Å². The predicted molar refractivity (Wildman–Crippen MR) is 65.3 cm³/mol. The Balaban J connectivity index is 2.16. The SMILES string of the molecule is CC(C)COCCNC(C)c1ccnn1C. The molecular formula is C12H23N3O. The molecule has 16 heavy (non-hydrogen) atoms. The van der Waals surface area contributed by atoms with Crippen LogP contribution in [-0.4, -0.2) is 29.5 Å². The van der Waals surface area contributed by atoms with E-state index in [9.17, 15) is 0 Å². The number of aryl methyl sites for hydroxylation is 1. The summed E-state index contributed by atoms with van der Waals surface area (Å²) < 4.78 is 7.40. The standard InChI is InChI=1S/C12H23N3O/c1-10(2)9-16-8-7-13-11(3)12-5-6-14-15(12)4/h5-6,10-11,13H,7-9H2,1-4H3. The van der Waals surface area contributed by atoms with Gasteiger partial charge in [0, 0.05) is 32.4 Å². The molecule has 1 aromatic rings. The van der Waals surface area contributed by atoms with Crippen molar-refractivity contribution >= 4 is 0 Å². The van der Waals surface area contributed by atoms with Crippen LogP contribution in [0, 0.1) is 5.92 Å². The van der Waals surface area contributed by atoms with Crippen molar-refractivity contribution in [2.24, 2.45) is 13.0 Å². The molecule has 0 fully saturated rings. The molecule has 0 amide bonds. The van der Waals surface area contributed by atoms with Crippen LogP contribution in [0.15, 0.2) is 12.3 Å². The summed E-state index contributed by atoms with van der Waals surface area (Å²) in [6.45, 7) is 8.93. The Labute approximate surface area is 98.0 Å². The van der Waals surface area contributed by atoms with Crippen molar-refractivity contribution in [3.8, 4) is 0 Å². The topological polar surface area (TPSA) is 39.1 Å². The number of nitrogens with zero attached hydrogens (tertiary/aromatic N) is 2. The van der Waals surface area contributed by atoms with Crippen LogP contribution in [0.25, 0.3) is 0 Å². The molecule has 1 unspecified atom stereocenters. The Morgan fingerprint density at radius 1 is 1.44 bits per heavy atom. The van der Waals surface area contributed by atoms with Crippen LogP contribution in [0.2, 0.25) is 0 Å². The summed E-state index contributed by atoms with van der Waals surface area (Å²) in [6.07, 6.45) is 1.82. The molecule has 0 aliphatic heterocycles. The first-order chi connectivity index (χ1) is 7.61. The maximum Gasteiger partial charge on any atom is 0.0591 e. The van der Waals surface area contributed by atoms with Gasteiger partial charge in [0.2, 0.25) is 0 Å². The van der Waals surface area contributed by atoms with Gasteiger partial charge in [0.15, 0.2) is 0 Å². The summed E-state index contributed by atoms with van der Waals surface area (Å²) in [5.41, 5.74) is 1.20. The van der Waals surface area contributed by atoms with Gasteiger partial charge < -0.3 is 10.1 Å². The summed E-state index contributed by atoms with van der Waals surface area (Å²) in [7, 11) is 1.96. The molecule has 0 aliphatic rings. The molecule has 4 nitrogen and oxygen atoms in total. The summed E-state index contributed by atoms with van der Waals surface area (Å²) in [4.78, 5) is 0. The van der Waals surface area contributed by atoms with Gasteiger partial charge in [-0.15, -0.1) is 0 Å². The van der Waals surface area contributed by atoms with Crippen molar-refractivity contribution in [2.45, 2.75) is 26.8 Å². The quantitative estimate of drug-likeness (QED) is 0.718. The van der Waals surface area contributed by atoms with Gasteiger partial charge >= 0.3 is 0 Å². The summed E-state index contributed by atoms with van der Waals surface area (Å²) in [5.74, 6) is 0.606. The number of rotatable bonds is 7. The number of ether oxygens (including phenoxy) is 1. The fourth-order valence-electron chi connectivity index (χ4n) is 1.58. The van der Waals surface area contributed by atoms with Crippen molar-refractivity contribution in [3.05, 3.63) is 18.0 Å². The van der Waals surface area contributed by atoms with Gasteiger partial charge in [-0.05, 0) is 18.9 Å². The molecule has 1 aromatic heterocycles. The zero-order valence-electron chi connectivity index (χ0n) is 10.7. The first-order valence-corrected chi connectivity index (χ1v) is 5.90. The second-order valence-corrected chi connectivity index (χ2v) is 4.52. The molecule has 1 rings (SSSR count). The van der Waals surface area contributed by atoms with E-state index in [0.717, 1.165) is 19.8 Å². The fourth-order valence-corrected chi connectivity index (χ4v) is 1.58. The minimum Gasteiger partial charge on any atom is -0.380 e. The van der Waals surface area contributed by atoms with E-state index in [2.05, 4.69) is 31.2 Å². The second-order valence-electron chi connectivity index (χ2n) is 4.52. The van der Waals surface area contributed by atoms with Gasteiger partial charge in [0.1, 0.15) is 0 Å². The predicted octanol–water partition coefficient (Wildman–Crippen LogP) is 1.74. The van der Waals surface area contributed by atoms with E-state index in [0.29, 0.717) is 12.0 Å². The van der Waals surface area contributed by atoms with Crippen LogP contribution in [0.5, 0.6) is 0 Å². The van der Waals surface area contributed by atoms with Crippen LogP contribution >= 0.6 is 0 Å². The molecular weight excluding hydrogens is 202 g/mol. The molecule has 0 radical (unpaired) electrons. The lowest BCUT2D eigenvalue weighted by Gasteiger charge is -2.14. The summed E-state index contributed by atoms with van der Waals surface area (Å²) in [5, 5.41) is 7.56.